The number of piperidine rings is 1. The molecule has 0 spiro atoms. The van der Waals surface area contributed by atoms with Gasteiger partial charge in [-0.1, -0.05) is 35.3 Å². The van der Waals surface area contributed by atoms with E-state index in [9.17, 15) is 9.00 Å². The van der Waals surface area contributed by atoms with Crippen LogP contribution in [0.4, 0.5) is 10.5 Å². The average molecular weight is 593 g/mol. The van der Waals surface area contributed by atoms with E-state index in [1.807, 2.05) is 31.2 Å². The maximum absolute atomic E-state index is 12.7. The molecule has 2 aliphatic heterocycles. The molecule has 0 atom stereocenters. The van der Waals surface area contributed by atoms with Gasteiger partial charge >= 0.3 is 17.4 Å². The zero-order valence-electron chi connectivity index (χ0n) is 21.0. The number of amides is 2. The van der Waals surface area contributed by atoms with Gasteiger partial charge in [-0.3, -0.25) is 8.37 Å². The fraction of sp³-hybridized carbons (Fsp3) is 0.346. The van der Waals surface area contributed by atoms with Gasteiger partial charge in [0.15, 0.2) is 0 Å². The molecule has 1 aromatic heterocycles. The van der Waals surface area contributed by atoms with E-state index in [4.69, 9.17) is 41.0 Å². The van der Waals surface area contributed by atoms with E-state index < -0.39 is 11.4 Å². The molecule has 2 saturated heterocycles. The highest BCUT2D eigenvalue weighted by Gasteiger charge is 2.26. The molecule has 1 N–H and O–H groups in total. The van der Waals surface area contributed by atoms with Crippen LogP contribution in [0.2, 0.25) is 10.0 Å². The zero-order chi connectivity index (χ0) is 27.4. The van der Waals surface area contributed by atoms with Gasteiger partial charge in [-0.25, -0.2) is 14.8 Å². The second-order valence-corrected chi connectivity index (χ2v) is 10.8. The van der Waals surface area contributed by atoms with Crippen LogP contribution >= 0.6 is 23.2 Å². The number of ether oxygens (including phenoxy) is 2. The Morgan fingerprint density at radius 3 is 2.44 bits per heavy atom. The Bertz CT molecular complexity index is 1340. The first-order valence-corrected chi connectivity index (χ1v) is 14.1. The van der Waals surface area contributed by atoms with Crippen molar-refractivity contribution in [1.82, 2.24) is 14.9 Å². The monoisotopic (exact) mass is 592 g/mol. The Morgan fingerprint density at radius 2 is 1.74 bits per heavy atom. The SMILES string of the molecule is Cc1c(Oc2ccc([C@H]3CO[S@](=O)OC3)cc2)ncnc1OC1CCN(C(=O)Nc2ccc(Cl)cc2Cl)CC1. The fourth-order valence-electron chi connectivity index (χ4n) is 4.23. The highest BCUT2D eigenvalue weighted by Crippen LogP contribution is 2.31. The van der Waals surface area contributed by atoms with Crippen molar-refractivity contribution in [3.8, 4) is 17.5 Å². The molecule has 0 unspecified atom stereocenters. The molecule has 5 rings (SSSR count). The topological polar surface area (TPSA) is 112 Å². The minimum Gasteiger partial charge on any atom is -0.474 e. The fourth-order valence-corrected chi connectivity index (χ4v) is 5.30. The second kappa shape index (κ2) is 12.5. The number of urea groups is 1. The quantitative estimate of drug-likeness (QED) is 0.389. The van der Waals surface area contributed by atoms with E-state index in [0.717, 1.165) is 5.56 Å². The number of halogens is 2. The Morgan fingerprint density at radius 1 is 1.05 bits per heavy atom. The van der Waals surface area contributed by atoms with Crippen molar-refractivity contribution in [3.05, 3.63) is 70.0 Å². The van der Waals surface area contributed by atoms with Crippen LogP contribution in [0.1, 0.15) is 29.9 Å². The summed E-state index contributed by atoms with van der Waals surface area (Å²) in [7, 11) is 0. The lowest BCUT2D eigenvalue weighted by atomic mass is 10.0. The third-order valence-corrected chi connectivity index (χ3v) is 7.67. The summed E-state index contributed by atoms with van der Waals surface area (Å²) in [5, 5.41) is 3.72. The van der Waals surface area contributed by atoms with Crippen LogP contribution in [0.5, 0.6) is 17.5 Å². The lowest BCUT2D eigenvalue weighted by Gasteiger charge is -2.32. The predicted molar refractivity (Wildman–Crippen MR) is 147 cm³/mol. The van der Waals surface area contributed by atoms with Crippen LogP contribution < -0.4 is 14.8 Å². The summed E-state index contributed by atoms with van der Waals surface area (Å²) in [5.41, 5.74) is 2.19. The van der Waals surface area contributed by atoms with Crippen molar-refractivity contribution in [3.63, 3.8) is 0 Å². The van der Waals surface area contributed by atoms with Gasteiger partial charge in [0.05, 0.1) is 29.5 Å². The largest absolute Gasteiger partial charge is 0.474 e. The maximum atomic E-state index is 12.7. The minimum absolute atomic E-state index is 0.00488. The number of nitrogens with zero attached hydrogens (tertiary/aromatic N) is 3. The molecular weight excluding hydrogens is 567 g/mol. The molecule has 0 saturated carbocycles. The van der Waals surface area contributed by atoms with E-state index in [1.54, 1.807) is 23.1 Å². The van der Waals surface area contributed by atoms with Crippen molar-refractivity contribution in [2.45, 2.75) is 31.8 Å². The molecule has 0 aliphatic carbocycles. The van der Waals surface area contributed by atoms with E-state index in [-0.39, 0.29) is 18.1 Å². The van der Waals surface area contributed by atoms with Gasteiger partial charge in [0.1, 0.15) is 18.2 Å². The highest BCUT2D eigenvalue weighted by molar-refractivity contribution is 7.75. The van der Waals surface area contributed by atoms with Gasteiger partial charge in [0.2, 0.25) is 11.8 Å². The number of rotatable bonds is 6. The molecule has 13 heteroatoms. The summed E-state index contributed by atoms with van der Waals surface area (Å²) in [6, 6.07) is 12.2. The van der Waals surface area contributed by atoms with Crippen LogP contribution in [0, 0.1) is 6.92 Å². The highest BCUT2D eigenvalue weighted by atomic mass is 35.5. The van der Waals surface area contributed by atoms with Gasteiger partial charge in [-0.15, -0.1) is 0 Å². The number of anilines is 1. The first-order chi connectivity index (χ1) is 18.9. The first kappa shape index (κ1) is 27.6. The number of benzene rings is 2. The van der Waals surface area contributed by atoms with Gasteiger partial charge in [-0.05, 0) is 42.8 Å². The number of hydrogen-bond acceptors (Lipinski definition) is 8. The summed E-state index contributed by atoms with van der Waals surface area (Å²) < 4.78 is 33.5. The minimum atomic E-state index is -1.67. The first-order valence-electron chi connectivity index (χ1n) is 12.3. The Hall–Kier alpha value is -2.96. The molecule has 3 heterocycles. The molecule has 2 fully saturated rings. The molecule has 2 aliphatic rings. The van der Waals surface area contributed by atoms with Gasteiger partial charge in [0.25, 0.3) is 0 Å². The molecule has 206 valence electrons. The number of likely N-dealkylation sites (tertiary alicyclic amines) is 1. The second-order valence-electron chi connectivity index (χ2n) is 9.11. The molecule has 0 bridgehead atoms. The van der Waals surface area contributed by atoms with Crippen LogP contribution in [-0.4, -0.2) is 57.5 Å². The van der Waals surface area contributed by atoms with Crippen molar-refractivity contribution in [1.29, 1.82) is 0 Å². The van der Waals surface area contributed by atoms with E-state index in [2.05, 4.69) is 15.3 Å². The molecule has 2 amide bonds. The Labute approximate surface area is 238 Å². The number of carbonyl (C=O) groups is 1. The summed E-state index contributed by atoms with van der Waals surface area (Å²) in [4.78, 5) is 23.0. The zero-order valence-corrected chi connectivity index (χ0v) is 23.3. The standard InChI is InChI=1S/C26H26Cl2N4O6S/c1-16-24(37-20-5-2-17(3-6-20)18-13-35-39(34)36-14-18)29-15-30-25(16)38-21-8-10-32(11-9-21)26(33)31-23-7-4-19(27)12-22(23)28/h2-7,12,15,18,21H,8-11,13-14H2,1H3,(H,31,33)/t18-,39-. The van der Waals surface area contributed by atoms with E-state index >= 15 is 0 Å². The van der Waals surface area contributed by atoms with Gasteiger partial charge in [0, 0.05) is 36.9 Å². The van der Waals surface area contributed by atoms with Crippen molar-refractivity contribution >= 4 is 46.3 Å². The van der Waals surface area contributed by atoms with E-state index in [1.165, 1.54) is 6.33 Å². The maximum Gasteiger partial charge on any atom is 0.321 e. The summed E-state index contributed by atoms with van der Waals surface area (Å²) in [6.45, 7) is 3.55. The van der Waals surface area contributed by atoms with E-state index in [0.29, 0.717) is 78.0 Å². The Kier molecular flexibility index (Phi) is 8.83. The van der Waals surface area contributed by atoms with Crippen molar-refractivity contribution in [2.75, 3.05) is 31.6 Å². The smallest absolute Gasteiger partial charge is 0.321 e. The Balaban J connectivity index is 1.14. The average Bonchev–Trinajstić information content (AvgIpc) is 2.94. The molecule has 2 aromatic carbocycles. The molecule has 0 radical (unpaired) electrons. The number of hydrogen-bond donors (Lipinski definition) is 1. The van der Waals surface area contributed by atoms with Crippen LogP contribution in [0.15, 0.2) is 48.8 Å². The van der Waals surface area contributed by atoms with Crippen LogP contribution in [-0.2, 0) is 19.7 Å². The molecule has 10 nitrogen and oxygen atoms in total. The number of aromatic nitrogens is 2. The van der Waals surface area contributed by atoms with Gasteiger partial charge < -0.3 is 19.7 Å². The summed E-state index contributed by atoms with van der Waals surface area (Å²) >= 11 is 10.4. The summed E-state index contributed by atoms with van der Waals surface area (Å²) in [5.74, 6) is 1.44. The summed E-state index contributed by atoms with van der Waals surface area (Å²) in [6.07, 6.45) is 2.58. The van der Waals surface area contributed by atoms with Crippen LogP contribution in [0.3, 0.4) is 0 Å². The third kappa shape index (κ3) is 6.98. The number of nitrogens with one attached hydrogen (secondary N) is 1. The van der Waals surface area contributed by atoms with Crippen LogP contribution in [0.25, 0.3) is 0 Å². The lowest BCUT2D eigenvalue weighted by molar-refractivity contribution is 0.110. The van der Waals surface area contributed by atoms with Crippen molar-refractivity contribution in [2.24, 2.45) is 0 Å². The van der Waals surface area contributed by atoms with Gasteiger partial charge in [-0.2, -0.15) is 4.21 Å². The van der Waals surface area contributed by atoms with Crippen molar-refractivity contribution < 1.29 is 26.8 Å². The predicted octanol–water partition coefficient (Wildman–Crippen LogP) is 5.67. The number of carbonyl (C=O) groups excluding carboxylic acids is 1. The normalized spacial score (nSPS) is 19.9. The molecular formula is C26H26Cl2N4O6S. The lowest BCUT2D eigenvalue weighted by Crippen LogP contribution is -2.43. The third-order valence-electron chi connectivity index (χ3n) is 6.47. The molecule has 3 aromatic rings. The molecule has 39 heavy (non-hydrogen) atoms.